The predicted molar refractivity (Wildman–Crippen MR) is 119 cm³/mol. The van der Waals surface area contributed by atoms with E-state index in [4.69, 9.17) is 10.2 Å². The Labute approximate surface area is 170 Å². The molecule has 0 bridgehead atoms. The van der Waals surface area contributed by atoms with Crippen molar-refractivity contribution in [2.75, 3.05) is 32.4 Å². The Bertz CT molecular complexity index is 504. The molecule has 0 radical (unpaired) electrons. The molecule has 0 saturated carbocycles. The summed E-state index contributed by atoms with van der Waals surface area (Å²) < 4.78 is 3.90. The van der Waals surface area contributed by atoms with E-state index in [1.165, 1.54) is 50.5 Å². The molecule has 156 valence electrons. The first-order valence-corrected chi connectivity index (χ1v) is 10.9. The number of hydrogen-bond donors (Lipinski definition) is 3. The number of anilines is 1. The van der Waals surface area contributed by atoms with Gasteiger partial charge in [-0.25, -0.2) is 0 Å². The van der Waals surface area contributed by atoms with Crippen LogP contribution in [0.1, 0.15) is 63.9 Å². The predicted octanol–water partition coefficient (Wildman–Crippen LogP) is 5.08. The van der Waals surface area contributed by atoms with Crippen LogP contribution < -0.4 is 9.86 Å². The molecule has 27 heavy (non-hydrogen) atoms. The zero-order valence-electron chi connectivity index (χ0n) is 17.7. The van der Waals surface area contributed by atoms with E-state index in [0.29, 0.717) is 0 Å². The number of rotatable bonds is 13. The fraction of sp³-hybridized carbons (Fsp3) is 0.667. The average molecular weight is 399 g/mol. The summed E-state index contributed by atoms with van der Waals surface area (Å²) in [5.74, 6) is -0.701. The van der Waals surface area contributed by atoms with E-state index in [9.17, 15) is 4.79 Å². The van der Waals surface area contributed by atoms with E-state index in [0.717, 1.165) is 35.3 Å². The number of carboxylic acid groups (broad SMARTS) is 1. The van der Waals surface area contributed by atoms with Gasteiger partial charge in [0, 0.05) is 24.2 Å². The Morgan fingerprint density at radius 2 is 1.78 bits per heavy atom. The Morgan fingerprint density at radius 3 is 2.37 bits per heavy atom. The summed E-state index contributed by atoms with van der Waals surface area (Å²) in [6.45, 7) is 3.18. The summed E-state index contributed by atoms with van der Waals surface area (Å²) in [5.41, 5.74) is 2.50. The highest BCUT2D eigenvalue weighted by molar-refractivity contribution is 7.98. The van der Waals surface area contributed by atoms with Crippen LogP contribution in [0, 0.1) is 0 Å². The second-order valence-corrected chi connectivity index (χ2v) is 8.39. The zero-order chi connectivity index (χ0) is 20.5. The van der Waals surface area contributed by atoms with E-state index in [-0.39, 0.29) is 6.42 Å². The third-order valence-electron chi connectivity index (χ3n) is 4.14. The Kier molecular flexibility index (Phi) is 15.1. The summed E-state index contributed by atoms with van der Waals surface area (Å²) in [7, 11) is 6.17. The molecule has 1 aromatic rings. The molecule has 0 fully saturated rings. The lowest BCUT2D eigenvalue weighted by Crippen LogP contribution is -2.35. The van der Waals surface area contributed by atoms with Crippen LogP contribution in [0.2, 0.25) is 0 Å². The lowest BCUT2D eigenvalue weighted by molar-refractivity contribution is -0.870. The highest BCUT2D eigenvalue weighted by Crippen LogP contribution is 2.15. The van der Waals surface area contributed by atoms with Gasteiger partial charge in [-0.3, -0.25) is 9.93 Å². The molecule has 0 aromatic heterocycles. The number of benzene rings is 1. The molecular formula is C21H40N3O2S+. The van der Waals surface area contributed by atoms with E-state index >= 15 is 0 Å². The number of nitrogens with zero attached hydrogens (tertiary/aromatic N) is 1. The molecule has 0 heterocycles. The van der Waals surface area contributed by atoms with Crippen LogP contribution in [0.25, 0.3) is 0 Å². The molecule has 0 atom stereocenters. The quantitative estimate of drug-likeness (QED) is 0.245. The number of hydrogen-bond acceptors (Lipinski definition) is 4. The van der Waals surface area contributed by atoms with E-state index in [2.05, 4.69) is 51.0 Å². The first-order chi connectivity index (χ1) is 12.8. The van der Waals surface area contributed by atoms with Gasteiger partial charge in [-0.05, 0) is 30.5 Å². The molecule has 0 saturated heterocycles. The number of quaternary nitrogens is 1. The first-order valence-electron chi connectivity index (χ1n) is 10.0. The lowest BCUT2D eigenvalue weighted by atomic mass is 10.0. The van der Waals surface area contributed by atoms with Crippen LogP contribution in [0.5, 0.6) is 0 Å². The van der Waals surface area contributed by atoms with Crippen molar-refractivity contribution in [3.05, 3.63) is 29.8 Å². The van der Waals surface area contributed by atoms with Gasteiger partial charge in [0.2, 0.25) is 0 Å². The second-order valence-electron chi connectivity index (χ2n) is 7.95. The van der Waals surface area contributed by atoms with Crippen LogP contribution in [0.4, 0.5) is 5.69 Å². The number of carbonyl (C=O) groups is 1. The number of carboxylic acids is 1. The normalized spacial score (nSPS) is 10.9. The molecule has 4 N–H and O–H groups in total. The zero-order valence-corrected chi connectivity index (χ0v) is 18.5. The van der Waals surface area contributed by atoms with Gasteiger partial charge in [-0.1, -0.05) is 51.2 Å². The summed E-state index contributed by atoms with van der Waals surface area (Å²) in [6.07, 6.45) is 10.3. The molecule has 0 aliphatic carbocycles. The van der Waals surface area contributed by atoms with Crippen molar-refractivity contribution < 1.29 is 14.4 Å². The fourth-order valence-electron chi connectivity index (χ4n) is 2.67. The lowest BCUT2D eigenvalue weighted by Gasteiger charge is -2.23. The van der Waals surface area contributed by atoms with E-state index in [1.807, 2.05) is 6.07 Å². The molecule has 0 aliphatic rings. The maximum Gasteiger partial charge on any atom is 0.303 e. The molecule has 1 aromatic carbocycles. The number of unbranched alkanes of at least 4 members (excludes halogenated alkanes) is 5. The molecular weight excluding hydrogens is 358 g/mol. The van der Waals surface area contributed by atoms with Crippen molar-refractivity contribution in [3.63, 3.8) is 0 Å². The molecule has 1 rings (SSSR count). The van der Waals surface area contributed by atoms with Gasteiger partial charge in [0.25, 0.3) is 0 Å². The number of nitrogens with two attached hydrogens (primary N) is 1. The van der Waals surface area contributed by atoms with Crippen molar-refractivity contribution in [1.82, 2.24) is 0 Å². The van der Waals surface area contributed by atoms with Crippen LogP contribution in [0.15, 0.2) is 24.3 Å². The Hall–Kier alpha value is -1.24. The van der Waals surface area contributed by atoms with Gasteiger partial charge < -0.3 is 14.3 Å². The number of aryl methyl sites for hydroxylation is 1. The van der Waals surface area contributed by atoms with Gasteiger partial charge in [0.15, 0.2) is 0 Å². The maximum absolute atomic E-state index is 10.1. The largest absolute Gasteiger partial charge is 0.481 e. The fourth-order valence-corrected chi connectivity index (χ4v) is 2.94. The van der Waals surface area contributed by atoms with Crippen molar-refractivity contribution in [3.8, 4) is 0 Å². The van der Waals surface area contributed by atoms with Gasteiger partial charge in [-0.15, -0.1) is 0 Å². The molecule has 0 aliphatic heterocycles. The number of nitrogens with one attached hydrogen (secondary N) is 1. The standard InChI is InChI=1S/C14H24N2S.C7H15NO2/c1-2-3-4-5-6-7-9-13-10-8-11-14(12-13)16-17-15;1-8(2,3)6-4-5-7(9)10/h8,10-12,16H,2-7,9,15H2,1H3;4-6H2,1-3H3/p+1. The third kappa shape index (κ3) is 17.9. The van der Waals surface area contributed by atoms with Crippen LogP contribution >= 0.6 is 12.1 Å². The van der Waals surface area contributed by atoms with Gasteiger partial charge >= 0.3 is 5.97 Å². The molecule has 5 nitrogen and oxygen atoms in total. The number of aliphatic carboxylic acids is 1. The van der Waals surface area contributed by atoms with E-state index < -0.39 is 5.97 Å². The molecule has 6 heteroatoms. The van der Waals surface area contributed by atoms with Crippen molar-refractivity contribution in [1.29, 1.82) is 0 Å². The second kappa shape index (κ2) is 15.8. The Morgan fingerprint density at radius 1 is 1.11 bits per heavy atom. The van der Waals surface area contributed by atoms with E-state index in [1.54, 1.807) is 0 Å². The van der Waals surface area contributed by atoms with Crippen molar-refractivity contribution in [2.24, 2.45) is 5.14 Å². The summed E-state index contributed by atoms with van der Waals surface area (Å²) in [5, 5.41) is 13.7. The molecule has 0 unspecified atom stereocenters. The molecule has 0 spiro atoms. The maximum atomic E-state index is 10.1. The summed E-state index contributed by atoms with van der Waals surface area (Å²) in [6, 6.07) is 8.51. The van der Waals surface area contributed by atoms with Crippen LogP contribution in [-0.4, -0.2) is 43.2 Å². The van der Waals surface area contributed by atoms with Crippen LogP contribution in [-0.2, 0) is 11.2 Å². The van der Waals surface area contributed by atoms with Gasteiger partial charge in [0.05, 0.1) is 34.1 Å². The minimum absolute atomic E-state index is 0.287. The van der Waals surface area contributed by atoms with Gasteiger partial charge in [0.1, 0.15) is 0 Å². The SMILES string of the molecule is CCCCCCCCc1cccc(NSN)c1.C[N+](C)(C)CCCC(=O)O. The van der Waals surface area contributed by atoms with Crippen molar-refractivity contribution in [2.45, 2.75) is 64.7 Å². The first kappa shape index (κ1) is 25.8. The van der Waals surface area contributed by atoms with Crippen molar-refractivity contribution >= 4 is 23.8 Å². The minimum Gasteiger partial charge on any atom is -0.481 e. The third-order valence-corrected chi connectivity index (χ3v) is 4.50. The summed E-state index contributed by atoms with van der Waals surface area (Å²) in [4.78, 5) is 10.1. The minimum atomic E-state index is -0.701. The monoisotopic (exact) mass is 398 g/mol. The average Bonchev–Trinajstić information content (AvgIpc) is 2.58. The molecule has 0 amide bonds. The van der Waals surface area contributed by atoms with Crippen LogP contribution in [0.3, 0.4) is 0 Å². The highest BCUT2D eigenvalue weighted by Gasteiger charge is 2.07. The smallest absolute Gasteiger partial charge is 0.303 e. The topological polar surface area (TPSA) is 75.3 Å². The van der Waals surface area contributed by atoms with Gasteiger partial charge in [-0.2, -0.15) is 0 Å². The Balaban J connectivity index is 0.000000580. The highest BCUT2D eigenvalue weighted by atomic mass is 32.2. The summed E-state index contributed by atoms with van der Waals surface area (Å²) >= 11 is 1.15.